The summed E-state index contributed by atoms with van der Waals surface area (Å²) in [6.45, 7) is -0.0663. The van der Waals surface area contributed by atoms with Gasteiger partial charge in [-0.1, -0.05) is 60.7 Å². The van der Waals surface area contributed by atoms with Gasteiger partial charge in [-0.2, -0.15) is 5.10 Å². The van der Waals surface area contributed by atoms with E-state index in [2.05, 4.69) is 15.5 Å². The molecule has 32 heavy (non-hydrogen) atoms. The second-order valence-electron chi connectivity index (χ2n) is 6.76. The summed E-state index contributed by atoms with van der Waals surface area (Å²) in [4.78, 5) is 16.8. The Balaban J connectivity index is 1.37. The monoisotopic (exact) mass is 443 g/mol. The van der Waals surface area contributed by atoms with E-state index in [4.69, 9.17) is 9.47 Å². The number of thiazole rings is 1. The highest BCUT2D eigenvalue weighted by Gasteiger charge is 2.10. The van der Waals surface area contributed by atoms with Crippen LogP contribution in [0.15, 0.2) is 89.3 Å². The van der Waals surface area contributed by atoms with Crippen molar-refractivity contribution < 1.29 is 14.3 Å². The fourth-order valence-electron chi connectivity index (χ4n) is 2.96. The molecule has 0 fully saturated rings. The van der Waals surface area contributed by atoms with E-state index in [1.165, 1.54) is 11.3 Å². The highest BCUT2D eigenvalue weighted by atomic mass is 32.1. The van der Waals surface area contributed by atoms with E-state index in [9.17, 15) is 4.79 Å². The Bertz CT molecular complexity index is 1210. The molecule has 0 saturated heterocycles. The summed E-state index contributed by atoms with van der Waals surface area (Å²) in [7, 11) is 1.56. The molecule has 0 saturated carbocycles. The molecule has 0 amide bonds. The predicted octanol–water partition coefficient (Wildman–Crippen LogP) is 5.53. The van der Waals surface area contributed by atoms with Crippen LogP contribution in [0, 0.1) is 0 Å². The second kappa shape index (κ2) is 10.4. The van der Waals surface area contributed by atoms with Gasteiger partial charge in [0.2, 0.25) is 5.13 Å². The third-order valence-corrected chi connectivity index (χ3v) is 5.34. The number of methoxy groups -OCH3 is 1. The topological polar surface area (TPSA) is 72.8 Å². The molecule has 1 aromatic heterocycles. The zero-order valence-corrected chi connectivity index (χ0v) is 18.2. The normalized spacial score (nSPS) is 10.8. The van der Waals surface area contributed by atoms with Crippen molar-refractivity contribution in [3.8, 4) is 22.8 Å². The molecule has 1 N–H and O–H groups in total. The fraction of sp³-hybridized carbons (Fsp3) is 0.0800. The third kappa shape index (κ3) is 5.39. The van der Waals surface area contributed by atoms with Gasteiger partial charge in [0, 0.05) is 16.5 Å². The first-order chi connectivity index (χ1) is 15.7. The maximum atomic E-state index is 12.3. The van der Waals surface area contributed by atoms with E-state index in [1.54, 1.807) is 37.6 Å². The molecule has 6 nitrogen and oxygen atoms in total. The zero-order valence-electron chi connectivity index (χ0n) is 17.4. The van der Waals surface area contributed by atoms with E-state index < -0.39 is 0 Å². The van der Waals surface area contributed by atoms with Gasteiger partial charge in [-0.3, -0.25) is 10.2 Å². The second-order valence-corrected chi connectivity index (χ2v) is 7.62. The number of carbonyl (C=O) groups excluding carboxylic acids is 1. The lowest BCUT2D eigenvalue weighted by Gasteiger charge is -2.10. The number of benzene rings is 3. The van der Waals surface area contributed by atoms with Crippen molar-refractivity contribution in [2.24, 2.45) is 5.10 Å². The average Bonchev–Trinajstić information content (AvgIpc) is 3.33. The van der Waals surface area contributed by atoms with Gasteiger partial charge in [-0.05, 0) is 23.8 Å². The van der Waals surface area contributed by atoms with Gasteiger partial charge in [-0.25, -0.2) is 4.98 Å². The third-order valence-electron chi connectivity index (χ3n) is 4.59. The summed E-state index contributed by atoms with van der Waals surface area (Å²) in [6, 6.07) is 24.4. The van der Waals surface area contributed by atoms with Gasteiger partial charge in [-0.15, -0.1) is 11.3 Å². The Morgan fingerprint density at radius 2 is 1.78 bits per heavy atom. The summed E-state index contributed by atoms with van der Waals surface area (Å²) < 4.78 is 11.1. The Morgan fingerprint density at radius 1 is 1.03 bits per heavy atom. The Hall–Kier alpha value is -3.97. The lowest BCUT2D eigenvalue weighted by atomic mass is 10.1. The molecule has 4 rings (SSSR count). The molecule has 0 radical (unpaired) electrons. The zero-order chi connectivity index (χ0) is 22.2. The van der Waals surface area contributed by atoms with Gasteiger partial charge < -0.3 is 9.47 Å². The Labute approximate surface area is 190 Å². The van der Waals surface area contributed by atoms with E-state index in [0.29, 0.717) is 22.2 Å². The first kappa shape index (κ1) is 21.3. The van der Waals surface area contributed by atoms with Gasteiger partial charge in [0.15, 0.2) is 23.9 Å². The summed E-state index contributed by atoms with van der Waals surface area (Å²) in [6.07, 6.45) is 1.67. The first-order valence-corrected chi connectivity index (χ1v) is 10.8. The molecule has 0 spiro atoms. The molecular weight excluding hydrogens is 422 g/mol. The van der Waals surface area contributed by atoms with Crippen LogP contribution in [0.25, 0.3) is 11.3 Å². The number of hydrazone groups is 1. The van der Waals surface area contributed by atoms with Crippen molar-refractivity contribution in [1.82, 2.24) is 4.98 Å². The van der Waals surface area contributed by atoms with Crippen LogP contribution >= 0.6 is 11.3 Å². The van der Waals surface area contributed by atoms with Crippen molar-refractivity contribution in [3.05, 3.63) is 95.4 Å². The number of aromatic nitrogens is 1. The smallest absolute Gasteiger partial charge is 0.203 e. The number of hydrogen-bond acceptors (Lipinski definition) is 7. The number of Topliss-reactive ketones (excluding diaryl/α,β-unsaturated/α-hetero) is 1. The number of nitrogens with one attached hydrogen (secondary N) is 1. The van der Waals surface area contributed by atoms with Crippen LogP contribution in [-0.4, -0.2) is 30.7 Å². The first-order valence-electron chi connectivity index (χ1n) is 9.92. The van der Waals surface area contributed by atoms with Crippen LogP contribution in [-0.2, 0) is 0 Å². The fourth-order valence-corrected chi connectivity index (χ4v) is 3.63. The van der Waals surface area contributed by atoms with E-state index in [0.717, 1.165) is 16.8 Å². The van der Waals surface area contributed by atoms with Crippen LogP contribution < -0.4 is 14.9 Å². The molecule has 160 valence electrons. The van der Waals surface area contributed by atoms with Crippen LogP contribution in [0.4, 0.5) is 5.13 Å². The predicted molar refractivity (Wildman–Crippen MR) is 128 cm³/mol. The molecule has 7 heteroatoms. The molecule has 4 aromatic rings. The molecule has 1 heterocycles. The van der Waals surface area contributed by atoms with Crippen LogP contribution in [0.5, 0.6) is 11.5 Å². The van der Waals surface area contributed by atoms with Crippen molar-refractivity contribution in [1.29, 1.82) is 0 Å². The Morgan fingerprint density at radius 3 is 2.53 bits per heavy atom. The van der Waals surface area contributed by atoms with Crippen LogP contribution in [0.1, 0.15) is 15.9 Å². The number of rotatable bonds is 9. The van der Waals surface area contributed by atoms with E-state index in [-0.39, 0.29) is 12.4 Å². The molecule has 0 aliphatic carbocycles. The summed E-state index contributed by atoms with van der Waals surface area (Å²) in [5.74, 6) is 0.922. The van der Waals surface area contributed by atoms with Crippen molar-refractivity contribution in [2.45, 2.75) is 0 Å². The van der Waals surface area contributed by atoms with Crippen LogP contribution in [0.3, 0.4) is 0 Å². The van der Waals surface area contributed by atoms with Gasteiger partial charge in [0.05, 0.1) is 19.0 Å². The summed E-state index contributed by atoms with van der Waals surface area (Å²) in [5, 5.41) is 6.95. The maximum Gasteiger partial charge on any atom is 0.203 e. The Kier molecular flexibility index (Phi) is 6.89. The summed E-state index contributed by atoms with van der Waals surface area (Å²) >= 11 is 1.48. The van der Waals surface area contributed by atoms with Crippen molar-refractivity contribution >= 4 is 28.5 Å². The summed E-state index contributed by atoms with van der Waals surface area (Å²) in [5.41, 5.74) is 6.35. The number of ether oxygens (including phenoxy) is 2. The number of hydrogen-bond donors (Lipinski definition) is 1. The standard InChI is InChI=1S/C25H21N3O3S/c1-30-24-14-18(12-13-23(24)31-16-22(29)20-10-6-3-7-11-20)15-26-28-25-27-21(17-32-25)19-8-4-2-5-9-19/h2-15,17H,16H2,1H3,(H,27,28). The SMILES string of the molecule is COc1cc(C=NNc2nc(-c3ccccc3)cs2)ccc1OCC(=O)c1ccccc1. The van der Waals surface area contributed by atoms with Crippen LogP contribution in [0.2, 0.25) is 0 Å². The molecule has 0 aliphatic rings. The molecule has 0 atom stereocenters. The number of nitrogens with zero attached hydrogens (tertiary/aromatic N) is 2. The van der Waals surface area contributed by atoms with E-state index >= 15 is 0 Å². The molecular formula is C25H21N3O3S. The van der Waals surface area contributed by atoms with Crippen molar-refractivity contribution in [3.63, 3.8) is 0 Å². The lowest BCUT2D eigenvalue weighted by Crippen LogP contribution is -2.12. The maximum absolute atomic E-state index is 12.3. The number of ketones is 1. The lowest BCUT2D eigenvalue weighted by molar-refractivity contribution is 0.0919. The van der Waals surface area contributed by atoms with Gasteiger partial charge in [0.1, 0.15) is 0 Å². The quantitative estimate of drug-likeness (QED) is 0.209. The highest BCUT2D eigenvalue weighted by molar-refractivity contribution is 7.14. The van der Waals surface area contributed by atoms with E-state index in [1.807, 2.05) is 60.0 Å². The number of anilines is 1. The molecule has 0 bridgehead atoms. The minimum absolute atomic E-state index is 0.0663. The molecule has 3 aromatic carbocycles. The number of carbonyl (C=O) groups is 1. The molecule has 0 aliphatic heterocycles. The van der Waals surface area contributed by atoms with Gasteiger partial charge >= 0.3 is 0 Å². The largest absolute Gasteiger partial charge is 0.493 e. The minimum Gasteiger partial charge on any atom is -0.493 e. The van der Waals surface area contributed by atoms with Gasteiger partial charge in [0.25, 0.3) is 0 Å². The highest BCUT2D eigenvalue weighted by Crippen LogP contribution is 2.28. The average molecular weight is 444 g/mol. The van der Waals surface area contributed by atoms with Crippen molar-refractivity contribution in [2.75, 3.05) is 19.1 Å². The minimum atomic E-state index is -0.0965. The molecule has 0 unspecified atom stereocenters.